The van der Waals surface area contributed by atoms with E-state index in [-0.39, 0.29) is 0 Å². The molecule has 1 aromatic rings. The highest BCUT2D eigenvalue weighted by Crippen LogP contribution is 2.24. The Kier molecular flexibility index (Phi) is 6.30. The monoisotopic (exact) mass is 367 g/mol. The van der Waals surface area contributed by atoms with Gasteiger partial charge in [0.25, 0.3) is 0 Å². The van der Waals surface area contributed by atoms with E-state index in [0.29, 0.717) is 23.9 Å². The fourth-order valence-electron chi connectivity index (χ4n) is 3.66. The van der Waals surface area contributed by atoms with Crippen LogP contribution in [0.5, 0.6) is 0 Å². The number of ether oxygens (including phenoxy) is 1. The average molecular weight is 368 g/mol. The van der Waals surface area contributed by atoms with Gasteiger partial charge in [-0.1, -0.05) is 6.42 Å². The van der Waals surface area contributed by atoms with Crippen LogP contribution in [0.25, 0.3) is 0 Å². The number of nitrogens with zero attached hydrogens (tertiary/aromatic N) is 3. The number of hydrogen-bond donors (Lipinski definition) is 0. The number of aromatic nitrogens is 1. The summed E-state index contributed by atoms with van der Waals surface area (Å²) in [6.07, 6.45) is 6.82. The SMILES string of the molecule is CCOCC1CCCN(c2ccc(S(=O)(=O)N3CCCCC3)cn2)C1. The van der Waals surface area contributed by atoms with Gasteiger partial charge in [-0.25, -0.2) is 13.4 Å². The molecule has 1 atom stereocenters. The third-order valence-corrected chi connectivity index (χ3v) is 6.96. The van der Waals surface area contributed by atoms with Crippen molar-refractivity contribution >= 4 is 15.8 Å². The van der Waals surface area contributed by atoms with Crippen LogP contribution in [0.3, 0.4) is 0 Å². The second-order valence-corrected chi connectivity index (χ2v) is 8.87. The van der Waals surface area contributed by atoms with E-state index in [0.717, 1.165) is 57.8 Å². The lowest BCUT2D eigenvalue weighted by atomic mass is 9.99. The van der Waals surface area contributed by atoms with Crippen molar-refractivity contribution in [3.8, 4) is 0 Å². The van der Waals surface area contributed by atoms with Crippen LogP contribution in [-0.2, 0) is 14.8 Å². The number of sulfonamides is 1. The lowest BCUT2D eigenvalue weighted by Crippen LogP contribution is -2.38. The third-order valence-electron chi connectivity index (χ3n) is 5.07. The Labute approximate surface area is 151 Å². The Morgan fingerprint density at radius 2 is 1.96 bits per heavy atom. The zero-order chi connectivity index (χ0) is 17.7. The maximum absolute atomic E-state index is 12.7. The Morgan fingerprint density at radius 3 is 2.64 bits per heavy atom. The van der Waals surface area contributed by atoms with Crippen molar-refractivity contribution in [1.82, 2.24) is 9.29 Å². The van der Waals surface area contributed by atoms with Gasteiger partial charge >= 0.3 is 0 Å². The molecule has 1 unspecified atom stereocenters. The second-order valence-electron chi connectivity index (χ2n) is 6.93. The topological polar surface area (TPSA) is 62.7 Å². The molecule has 3 heterocycles. The Bertz CT molecular complexity index is 642. The van der Waals surface area contributed by atoms with E-state index < -0.39 is 10.0 Å². The minimum Gasteiger partial charge on any atom is -0.381 e. The van der Waals surface area contributed by atoms with E-state index in [1.54, 1.807) is 10.4 Å². The van der Waals surface area contributed by atoms with Crippen molar-refractivity contribution < 1.29 is 13.2 Å². The van der Waals surface area contributed by atoms with E-state index in [1.807, 2.05) is 13.0 Å². The van der Waals surface area contributed by atoms with Gasteiger partial charge in [0.1, 0.15) is 10.7 Å². The summed E-state index contributed by atoms with van der Waals surface area (Å²) >= 11 is 0. The lowest BCUT2D eigenvalue weighted by Gasteiger charge is -2.33. The first-order valence-corrected chi connectivity index (χ1v) is 10.8. The van der Waals surface area contributed by atoms with Crippen LogP contribution >= 0.6 is 0 Å². The molecular weight excluding hydrogens is 338 g/mol. The van der Waals surface area contributed by atoms with Crippen molar-refractivity contribution in [1.29, 1.82) is 0 Å². The van der Waals surface area contributed by atoms with Crippen LogP contribution in [0.2, 0.25) is 0 Å². The molecule has 25 heavy (non-hydrogen) atoms. The molecule has 6 nitrogen and oxygen atoms in total. The minimum absolute atomic E-state index is 0.307. The zero-order valence-electron chi connectivity index (χ0n) is 15.1. The fraction of sp³-hybridized carbons (Fsp3) is 0.722. The van der Waals surface area contributed by atoms with E-state index in [4.69, 9.17) is 4.74 Å². The highest BCUT2D eigenvalue weighted by Gasteiger charge is 2.27. The number of anilines is 1. The van der Waals surface area contributed by atoms with Gasteiger partial charge < -0.3 is 9.64 Å². The van der Waals surface area contributed by atoms with Crippen molar-refractivity contribution in [2.24, 2.45) is 5.92 Å². The van der Waals surface area contributed by atoms with Crippen molar-refractivity contribution in [3.63, 3.8) is 0 Å². The molecule has 0 bridgehead atoms. The van der Waals surface area contributed by atoms with Gasteiger partial charge in [0.2, 0.25) is 10.0 Å². The molecule has 2 aliphatic rings. The molecule has 1 aromatic heterocycles. The largest absolute Gasteiger partial charge is 0.381 e. The summed E-state index contributed by atoms with van der Waals surface area (Å²) in [6.45, 7) is 6.68. The molecular formula is C18H29N3O3S. The first-order valence-electron chi connectivity index (χ1n) is 9.40. The summed E-state index contributed by atoms with van der Waals surface area (Å²) in [5, 5.41) is 0. The van der Waals surface area contributed by atoms with Gasteiger partial charge in [-0.15, -0.1) is 0 Å². The smallest absolute Gasteiger partial charge is 0.244 e. The fourth-order valence-corrected chi connectivity index (χ4v) is 5.12. The normalized spacial score (nSPS) is 22.9. The average Bonchev–Trinajstić information content (AvgIpc) is 2.67. The molecule has 0 radical (unpaired) electrons. The molecule has 140 valence electrons. The molecule has 0 amide bonds. The van der Waals surface area contributed by atoms with Crippen LogP contribution in [-0.4, -0.2) is 57.1 Å². The molecule has 0 spiro atoms. The number of rotatable bonds is 6. The molecule has 0 saturated carbocycles. The van der Waals surface area contributed by atoms with Gasteiger partial charge in [0, 0.05) is 39.0 Å². The number of piperidine rings is 2. The van der Waals surface area contributed by atoms with Gasteiger partial charge in [0.05, 0.1) is 6.61 Å². The van der Waals surface area contributed by atoms with Crippen molar-refractivity contribution in [2.75, 3.05) is 44.3 Å². The van der Waals surface area contributed by atoms with Crippen LogP contribution in [0.15, 0.2) is 23.2 Å². The third kappa shape index (κ3) is 4.51. The predicted octanol–water partition coefficient (Wildman–Crippen LogP) is 2.51. The van der Waals surface area contributed by atoms with E-state index in [2.05, 4.69) is 9.88 Å². The van der Waals surface area contributed by atoms with Gasteiger partial charge in [-0.3, -0.25) is 0 Å². The quantitative estimate of drug-likeness (QED) is 0.773. The Morgan fingerprint density at radius 1 is 1.16 bits per heavy atom. The first-order chi connectivity index (χ1) is 12.1. The van der Waals surface area contributed by atoms with E-state index in [1.165, 1.54) is 12.6 Å². The zero-order valence-corrected chi connectivity index (χ0v) is 15.9. The number of hydrogen-bond acceptors (Lipinski definition) is 5. The van der Waals surface area contributed by atoms with Crippen molar-refractivity contribution in [2.45, 2.75) is 43.9 Å². The highest BCUT2D eigenvalue weighted by molar-refractivity contribution is 7.89. The summed E-state index contributed by atoms with van der Waals surface area (Å²) in [6, 6.07) is 3.55. The summed E-state index contributed by atoms with van der Waals surface area (Å²) in [5.41, 5.74) is 0. The lowest BCUT2D eigenvalue weighted by molar-refractivity contribution is 0.104. The predicted molar refractivity (Wildman–Crippen MR) is 98.3 cm³/mol. The first kappa shape index (κ1) is 18.6. The molecule has 0 aliphatic carbocycles. The van der Waals surface area contributed by atoms with Gasteiger partial charge in [-0.2, -0.15) is 4.31 Å². The molecule has 0 aromatic carbocycles. The second kappa shape index (κ2) is 8.47. The molecule has 2 fully saturated rings. The van der Waals surface area contributed by atoms with E-state index in [9.17, 15) is 8.42 Å². The molecule has 2 saturated heterocycles. The summed E-state index contributed by atoms with van der Waals surface area (Å²) < 4.78 is 32.5. The van der Waals surface area contributed by atoms with Crippen LogP contribution in [0.4, 0.5) is 5.82 Å². The Hall–Kier alpha value is -1.18. The van der Waals surface area contributed by atoms with Crippen molar-refractivity contribution in [3.05, 3.63) is 18.3 Å². The number of pyridine rings is 1. The summed E-state index contributed by atoms with van der Waals surface area (Å²) in [5.74, 6) is 1.38. The van der Waals surface area contributed by atoms with Gasteiger partial charge in [-0.05, 0) is 50.7 Å². The van der Waals surface area contributed by atoms with Gasteiger partial charge in [0.15, 0.2) is 0 Å². The molecule has 0 N–H and O–H groups in total. The summed E-state index contributed by atoms with van der Waals surface area (Å²) in [7, 11) is -3.40. The minimum atomic E-state index is -3.40. The van der Waals surface area contributed by atoms with Crippen LogP contribution < -0.4 is 4.90 Å². The highest BCUT2D eigenvalue weighted by atomic mass is 32.2. The van der Waals surface area contributed by atoms with Crippen LogP contribution in [0, 0.1) is 5.92 Å². The molecule has 3 rings (SSSR count). The standard InChI is InChI=1S/C18H29N3O3S/c1-2-24-15-16-7-6-10-20(14-16)18-9-8-17(13-19-18)25(22,23)21-11-4-3-5-12-21/h8-9,13,16H,2-7,10-12,14-15H2,1H3. The molecule has 2 aliphatic heterocycles. The summed E-state index contributed by atoms with van der Waals surface area (Å²) in [4.78, 5) is 7.00. The van der Waals surface area contributed by atoms with E-state index >= 15 is 0 Å². The van der Waals surface area contributed by atoms with Crippen LogP contribution in [0.1, 0.15) is 39.0 Å². The maximum Gasteiger partial charge on any atom is 0.244 e. The molecule has 7 heteroatoms. The maximum atomic E-state index is 12.7. The Balaban J connectivity index is 1.67.